The average molecular weight is 211 g/mol. The third-order valence-electron chi connectivity index (χ3n) is 2.52. The van der Waals surface area contributed by atoms with Crippen LogP contribution in [0.3, 0.4) is 0 Å². The van der Waals surface area contributed by atoms with Crippen LogP contribution in [0.5, 0.6) is 0 Å². The molecule has 2 rings (SSSR count). The molecule has 80 valence electrons. The van der Waals surface area contributed by atoms with E-state index in [9.17, 15) is 9.90 Å². The highest BCUT2D eigenvalue weighted by Gasteiger charge is 1.98. The van der Waals surface area contributed by atoms with Crippen molar-refractivity contribution in [3.05, 3.63) is 53.6 Å². The normalized spacial score (nSPS) is 11.7. The van der Waals surface area contributed by atoms with E-state index in [1.807, 2.05) is 42.5 Å². The Bertz CT molecular complexity index is 562. The number of carboxylic acids is 1. The number of aliphatic carboxylic acids is 1. The maximum atomic E-state index is 10.7. The summed E-state index contributed by atoms with van der Waals surface area (Å²) in [5, 5.41) is 12.8. The van der Waals surface area contributed by atoms with Crippen molar-refractivity contribution in [1.82, 2.24) is 0 Å². The van der Waals surface area contributed by atoms with E-state index in [4.69, 9.17) is 0 Å². The van der Waals surface area contributed by atoms with E-state index in [1.165, 1.54) is 6.92 Å². The zero-order valence-electron chi connectivity index (χ0n) is 8.94. The van der Waals surface area contributed by atoms with Crippen molar-refractivity contribution in [3.63, 3.8) is 0 Å². The molecular formula is C14H11O2-. The summed E-state index contributed by atoms with van der Waals surface area (Å²) in [6.45, 7) is 1.54. The molecule has 0 saturated carbocycles. The number of rotatable bonds is 2. The van der Waals surface area contributed by atoms with Gasteiger partial charge in [0, 0.05) is 0 Å². The SMILES string of the molecule is C/C(=C\c1cccc2ccccc12)C(=O)[O-]. The topological polar surface area (TPSA) is 40.1 Å². The number of carbonyl (C=O) groups is 1. The summed E-state index contributed by atoms with van der Waals surface area (Å²) in [5.41, 5.74) is 1.14. The predicted molar refractivity (Wildman–Crippen MR) is 62.6 cm³/mol. The minimum Gasteiger partial charge on any atom is -0.545 e. The van der Waals surface area contributed by atoms with Gasteiger partial charge in [0.1, 0.15) is 0 Å². The van der Waals surface area contributed by atoms with Crippen molar-refractivity contribution >= 4 is 22.8 Å². The van der Waals surface area contributed by atoms with Gasteiger partial charge in [0.15, 0.2) is 0 Å². The van der Waals surface area contributed by atoms with Crippen molar-refractivity contribution in [3.8, 4) is 0 Å². The highest BCUT2D eigenvalue weighted by atomic mass is 16.4. The van der Waals surface area contributed by atoms with Crippen molar-refractivity contribution < 1.29 is 9.90 Å². The van der Waals surface area contributed by atoms with Crippen LogP contribution in [0.25, 0.3) is 16.8 Å². The fourth-order valence-electron chi connectivity index (χ4n) is 1.67. The fourth-order valence-corrected chi connectivity index (χ4v) is 1.67. The lowest BCUT2D eigenvalue weighted by molar-refractivity contribution is -0.299. The molecule has 0 bridgehead atoms. The molecule has 0 amide bonds. The Morgan fingerprint density at radius 2 is 1.81 bits per heavy atom. The van der Waals surface area contributed by atoms with Crippen molar-refractivity contribution in [2.24, 2.45) is 0 Å². The zero-order valence-corrected chi connectivity index (χ0v) is 8.94. The molecule has 2 aromatic carbocycles. The molecular weight excluding hydrogens is 200 g/mol. The van der Waals surface area contributed by atoms with Crippen LogP contribution < -0.4 is 5.11 Å². The van der Waals surface area contributed by atoms with E-state index in [0.717, 1.165) is 16.3 Å². The molecule has 0 heterocycles. The maximum Gasteiger partial charge on any atom is 0.0672 e. The van der Waals surface area contributed by atoms with Gasteiger partial charge in [-0.15, -0.1) is 0 Å². The van der Waals surface area contributed by atoms with Crippen LogP contribution in [0.1, 0.15) is 12.5 Å². The first-order valence-corrected chi connectivity index (χ1v) is 5.06. The van der Waals surface area contributed by atoms with Gasteiger partial charge in [-0.2, -0.15) is 0 Å². The quantitative estimate of drug-likeness (QED) is 0.713. The van der Waals surface area contributed by atoms with Crippen molar-refractivity contribution in [1.29, 1.82) is 0 Å². The van der Waals surface area contributed by atoms with Gasteiger partial charge in [0.05, 0.1) is 5.97 Å². The minimum atomic E-state index is -1.13. The van der Waals surface area contributed by atoms with Crippen LogP contribution in [-0.2, 0) is 4.79 Å². The summed E-state index contributed by atoms with van der Waals surface area (Å²) in [6.07, 6.45) is 1.64. The first kappa shape index (κ1) is 10.4. The Kier molecular flexibility index (Phi) is 2.73. The Morgan fingerprint density at radius 3 is 2.56 bits per heavy atom. The van der Waals surface area contributed by atoms with E-state index >= 15 is 0 Å². The van der Waals surface area contributed by atoms with Crippen LogP contribution in [-0.4, -0.2) is 5.97 Å². The lowest BCUT2D eigenvalue weighted by Gasteiger charge is -2.05. The fraction of sp³-hybridized carbons (Fsp3) is 0.0714. The predicted octanol–water partition coefficient (Wildman–Crippen LogP) is 1.99. The molecule has 0 fully saturated rings. The zero-order chi connectivity index (χ0) is 11.5. The standard InChI is InChI=1S/C14H12O2/c1-10(14(15)16)9-12-7-4-6-11-5-2-3-8-13(11)12/h2-9H,1H3,(H,15,16)/p-1/b10-9+. The van der Waals surface area contributed by atoms with E-state index in [-0.39, 0.29) is 5.57 Å². The third-order valence-corrected chi connectivity index (χ3v) is 2.52. The molecule has 2 heteroatoms. The summed E-state index contributed by atoms with van der Waals surface area (Å²) in [5.74, 6) is -1.13. The Hall–Kier alpha value is -2.09. The van der Waals surface area contributed by atoms with Crippen LogP contribution in [0, 0.1) is 0 Å². The molecule has 16 heavy (non-hydrogen) atoms. The van der Waals surface area contributed by atoms with Gasteiger partial charge in [0.25, 0.3) is 0 Å². The molecule has 0 radical (unpaired) electrons. The summed E-state index contributed by atoms with van der Waals surface area (Å²) in [4.78, 5) is 10.7. The van der Waals surface area contributed by atoms with Crippen LogP contribution in [0.4, 0.5) is 0 Å². The van der Waals surface area contributed by atoms with Gasteiger partial charge < -0.3 is 9.90 Å². The van der Waals surface area contributed by atoms with Crippen molar-refractivity contribution in [2.75, 3.05) is 0 Å². The molecule has 2 nitrogen and oxygen atoms in total. The average Bonchev–Trinajstić information content (AvgIpc) is 2.29. The summed E-state index contributed by atoms with van der Waals surface area (Å²) in [7, 11) is 0. The van der Waals surface area contributed by atoms with E-state index in [1.54, 1.807) is 6.08 Å². The third kappa shape index (κ3) is 1.96. The molecule has 0 saturated heterocycles. The molecule has 0 aliphatic heterocycles. The van der Waals surface area contributed by atoms with Gasteiger partial charge >= 0.3 is 0 Å². The molecule has 0 N–H and O–H groups in total. The van der Waals surface area contributed by atoms with Gasteiger partial charge in [-0.1, -0.05) is 42.5 Å². The van der Waals surface area contributed by atoms with Crippen LogP contribution in [0.15, 0.2) is 48.0 Å². The molecule has 0 aliphatic rings. The van der Waals surface area contributed by atoms with Crippen LogP contribution >= 0.6 is 0 Å². The highest BCUT2D eigenvalue weighted by molar-refractivity contribution is 5.96. The molecule has 0 aliphatic carbocycles. The Morgan fingerprint density at radius 1 is 1.12 bits per heavy atom. The summed E-state index contributed by atoms with van der Waals surface area (Å²) in [6, 6.07) is 13.7. The largest absolute Gasteiger partial charge is 0.545 e. The van der Waals surface area contributed by atoms with Gasteiger partial charge in [-0.3, -0.25) is 0 Å². The molecule has 0 spiro atoms. The maximum absolute atomic E-state index is 10.7. The molecule has 0 unspecified atom stereocenters. The van der Waals surface area contributed by atoms with E-state index < -0.39 is 5.97 Å². The Balaban J connectivity index is 2.61. The number of carbonyl (C=O) groups excluding carboxylic acids is 1. The second-order valence-corrected chi connectivity index (χ2v) is 3.68. The molecule has 0 atom stereocenters. The minimum absolute atomic E-state index is 0.233. The van der Waals surface area contributed by atoms with Crippen molar-refractivity contribution in [2.45, 2.75) is 6.92 Å². The molecule has 2 aromatic rings. The lowest BCUT2D eigenvalue weighted by Crippen LogP contribution is -2.22. The van der Waals surface area contributed by atoms with Crippen LogP contribution in [0.2, 0.25) is 0 Å². The number of hydrogen-bond donors (Lipinski definition) is 0. The van der Waals surface area contributed by atoms with Gasteiger partial charge in [-0.25, -0.2) is 0 Å². The second kappa shape index (κ2) is 4.19. The summed E-state index contributed by atoms with van der Waals surface area (Å²) >= 11 is 0. The Labute approximate surface area is 93.8 Å². The smallest absolute Gasteiger partial charge is 0.0672 e. The number of benzene rings is 2. The van der Waals surface area contributed by atoms with Gasteiger partial charge in [-0.05, 0) is 34.9 Å². The number of fused-ring (bicyclic) bond motifs is 1. The monoisotopic (exact) mass is 211 g/mol. The van der Waals surface area contributed by atoms with Gasteiger partial charge in [0.2, 0.25) is 0 Å². The number of carboxylic acid groups (broad SMARTS) is 1. The second-order valence-electron chi connectivity index (χ2n) is 3.68. The summed E-state index contributed by atoms with van der Waals surface area (Å²) < 4.78 is 0. The first-order chi connectivity index (χ1) is 7.68. The lowest BCUT2D eigenvalue weighted by atomic mass is 10.0. The molecule has 0 aromatic heterocycles. The van der Waals surface area contributed by atoms with E-state index in [0.29, 0.717) is 0 Å². The first-order valence-electron chi connectivity index (χ1n) is 5.06. The highest BCUT2D eigenvalue weighted by Crippen LogP contribution is 2.20. The van der Waals surface area contributed by atoms with E-state index in [2.05, 4.69) is 0 Å². The number of hydrogen-bond acceptors (Lipinski definition) is 2.